The summed E-state index contributed by atoms with van der Waals surface area (Å²) in [6.07, 6.45) is 0. The standard InChI is InChI=1S/C14H16N4O5S/c15-24(21,22)7-6-16-13(19)9-17-14(20)11-8-12(23-18-11)10-4-2-1-3-5-10/h1-5,8H,6-7,9H2,(H,16,19)(H,17,20)(H2,15,21,22). The molecular weight excluding hydrogens is 336 g/mol. The Bertz CT molecular complexity index is 817. The first kappa shape index (κ1) is 17.6. The maximum atomic E-state index is 11.9. The molecule has 0 atom stereocenters. The number of carbonyl (C=O) groups excluding carboxylic acids is 2. The molecule has 1 aromatic heterocycles. The van der Waals surface area contributed by atoms with Crippen molar-refractivity contribution in [2.45, 2.75) is 0 Å². The number of benzene rings is 1. The summed E-state index contributed by atoms with van der Waals surface area (Å²) >= 11 is 0. The van der Waals surface area contributed by atoms with E-state index < -0.39 is 21.8 Å². The highest BCUT2D eigenvalue weighted by Crippen LogP contribution is 2.19. The summed E-state index contributed by atoms with van der Waals surface area (Å²) in [4.78, 5) is 23.4. The number of sulfonamides is 1. The molecule has 24 heavy (non-hydrogen) atoms. The van der Waals surface area contributed by atoms with E-state index >= 15 is 0 Å². The molecule has 0 aliphatic carbocycles. The maximum absolute atomic E-state index is 11.9. The quantitative estimate of drug-likeness (QED) is 0.611. The number of hydrogen-bond acceptors (Lipinski definition) is 6. The van der Waals surface area contributed by atoms with E-state index in [2.05, 4.69) is 15.8 Å². The second kappa shape index (κ2) is 7.70. The van der Waals surface area contributed by atoms with Crippen LogP contribution >= 0.6 is 0 Å². The first-order valence-electron chi connectivity index (χ1n) is 6.92. The van der Waals surface area contributed by atoms with Gasteiger partial charge in [0.2, 0.25) is 15.9 Å². The molecule has 0 fully saturated rings. The van der Waals surface area contributed by atoms with Crippen molar-refractivity contribution in [3.63, 3.8) is 0 Å². The van der Waals surface area contributed by atoms with Crippen LogP contribution in [-0.4, -0.2) is 44.2 Å². The summed E-state index contributed by atoms with van der Waals surface area (Å²) in [6.45, 7) is -0.452. The minimum absolute atomic E-state index is 0.0335. The monoisotopic (exact) mass is 352 g/mol. The average molecular weight is 352 g/mol. The number of primary sulfonamides is 1. The van der Waals surface area contributed by atoms with E-state index in [1.807, 2.05) is 18.2 Å². The lowest BCUT2D eigenvalue weighted by molar-refractivity contribution is -0.120. The molecule has 0 unspecified atom stereocenters. The molecule has 0 bridgehead atoms. The molecule has 0 saturated heterocycles. The molecule has 2 amide bonds. The summed E-state index contributed by atoms with van der Waals surface area (Å²) in [7, 11) is -3.64. The fraction of sp³-hybridized carbons (Fsp3) is 0.214. The van der Waals surface area contributed by atoms with Gasteiger partial charge in [-0.3, -0.25) is 9.59 Å². The van der Waals surface area contributed by atoms with Gasteiger partial charge in [-0.2, -0.15) is 0 Å². The second-order valence-electron chi connectivity index (χ2n) is 4.84. The first-order chi connectivity index (χ1) is 11.3. The van der Waals surface area contributed by atoms with E-state index in [0.29, 0.717) is 5.76 Å². The minimum Gasteiger partial charge on any atom is -0.355 e. The number of nitrogens with two attached hydrogens (primary N) is 1. The van der Waals surface area contributed by atoms with Crippen molar-refractivity contribution in [1.29, 1.82) is 0 Å². The number of aromatic nitrogens is 1. The van der Waals surface area contributed by atoms with Gasteiger partial charge in [0, 0.05) is 18.2 Å². The van der Waals surface area contributed by atoms with Crippen LogP contribution in [0, 0.1) is 0 Å². The van der Waals surface area contributed by atoms with Crippen LogP contribution in [0.1, 0.15) is 10.5 Å². The molecule has 1 aromatic carbocycles. The zero-order chi connectivity index (χ0) is 17.6. The number of amides is 2. The van der Waals surface area contributed by atoms with Crippen LogP contribution in [-0.2, 0) is 14.8 Å². The lowest BCUT2D eigenvalue weighted by Gasteiger charge is -2.04. The Morgan fingerprint density at radius 2 is 1.88 bits per heavy atom. The van der Waals surface area contributed by atoms with Gasteiger partial charge in [0.1, 0.15) is 0 Å². The van der Waals surface area contributed by atoms with Gasteiger partial charge in [-0.1, -0.05) is 35.5 Å². The van der Waals surface area contributed by atoms with Gasteiger partial charge in [0.05, 0.1) is 12.3 Å². The molecule has 1 heterocycles. The molecule has 2 rings (SSSR count). The third-order valence-corrected chi connectivity index (χ3v) is 3.69. The summed E-state index contributed by atoms with van der Waals surface area (Å²) in [5.74, 6) is -1.07. The fourth-order valence-corrected chi connectivity index (χ4v) is 2.15. The smallest absolute Gasteiger partial charge is 0.273 e. The molecule has 0 aliphatic rings. The largest absolute Gasteiger partial charge is 0.355 e. The molecule has 2 aromatic rings. The predicted molar refractivity (Wildman–Crippen MR) is 85.3 cm³/mol. The van der Waals surface area contributed by atoms with E-state index in [1.165, 1.54) is 6.07 Å². The molecule has 0 spiro atoms. The fourth-order valence-electron chi connectivity index (χ4n) is 1.77. The Morgan fingerprint density at radius 1 is 1.17 bits per heavy atom. The van der Waals surface area contributed by atoms with Crippen molar-refractivity contribution in [3.8, 4) is 11.3 Å². The summed E-state index contributed by atoms with van der Waals surface area (Å²) in [5.41, 5.74) is 0.802. The molecule has 0 radical (unpaired) electrons. The molecule has 10 heteroatoms. The SMILES string of the molecule is NS(=O)(=O)CCNC(=O)CNC(=O)c1cc(-c2ccccc2)on1. The third-order valence-electron chi connectivity index (χ3n) is 2.92. The van der Waals surface area contributed by atoms with E-state index in [1.54, 1.807) is 12.1 Å². The lowest BCUT2D eigenvalue weighted by Crippen LogP contribution is -2.39. The van der Waals surface area contributed by atoms with E-state index in [4.69, 9.17) is 9.66 Å². The van der Waals surface area contributed by atoms with Crippen molar-refractivity contribution in [1.82, 2.24) is 15.8 Å². The van der Waals surface area contributed by atoms with Gasteiger partial charge in [-0.25, -0.2) is 13.6 Å². The highest BCUT2D eigenvalue weighted by atomic mass is 32.2. The third kappa shape index (κ3) is 5.48. The number of nitrogens with zero attached hydrogens (tertiary/aromatic N) is 1. The van der Waals surface area contributed by atoms with Gasteiger partial charge in [0.15, 0.2) is 11.5 Å². The average Bonchev–Trinajstić information content (AvgIpc) is 3.02. The van der Waals surface area contributed by atoms with Gasteiger partial charge in [0.25, 0.3) is 5.91 Å². The van der Waals surface area contributed by atoms with Gasteiger partial charge >= 0.3 is 0 Å². The molecule has 9 nitrogen and oxygen atoms in total. The second-order valence-corrected chi connectivity index (χ2v) is 6.58. The Labute approximate surface area is 138 Å². The molecule has 0 saturated carbocycles. The molecule has 0 aliphatic heterocycles. The van der Waals surface area contributed by atoms with Crippen LogP contribution in [0.15, 0.2) is 40.9 Å². The summed E-state index contributed by atoms with van der Waals surface area (Å²) < 4.78 is 26.5. The van der Waals surface area contributed by atoms with E-state index in [0.717, 1.165) is 5.56 Å². The Kier molecular flexibility index (Phi) is 5.66. The molecular formula is C14H16N4O5S. The Morgan fingerprint density at radius 3 is 2.54 bits per heavy atom. The van der Waals surface area contributed by atoms with Gasteiger partial charge < -0.3 is 15.2 Å². The number of hydrogen-bond donors (Lipinski definition) is 3. The Hall–Kier alpha value is -2.72. The van der Waals surface area contributed by atoms with Crippen molar-refractivity contribution in [2.75, 3.05) is 18.8 Å². The van der Waals surface area contributed by atoms with Crippen LogP contribution in [0.3, 0.4) is 0 Å². The van der Waals surface area contributed by atoms with E-state index in [9.17, 15) is 18.0 Å². The number of nitrogens with one attached hydrogen (secondary N) is 2. The molecule has 4 N–H and O–H groups in total. The van der Waals surface area contributed by atoms with Crippen molar-refractivity contribution in [2.24, 2.45) is 5.14 Å². The lowest BCUT2D eigenvalue weighted by atomic mass is 10.1. The predicted octanol–water partition coefficient (Wildman–Crippen LogP) is -0.524. The number of rotatable bonds is 7. The van der Waals surface area contributed by atoms with Crippen molar-refractivity contribution < 1.29 is 22.5 Å². The highest BCUT2D eigenvalue weighted by molar-refractivity contribution is 7.89. The van der Waals surface area contributed by atoms with Gasteiger partial charge in [-0.15, -0.1) is 0 Å². The normalized spacial score (nSPS) is 11.0. The first-order valence-corrected chi connectivity index (χ1v) is 8.64. The van der Waals surface area contributed by atoms with Crippen molar-refractivity contribution in [3.05, 3.63) is 42.1 Å². The van der Waals surface area contributed by atoms with Crippen LogP contribution < -0.4 is 15.8 Å². The van der Waals surface area contributed by atoms with E-state index in [-0.39, 0.29) is 24.5 Å². The highest BCUT2D eigenvalue weighted by Gasteiger charge is 2.14. The molecule has 128 valence electrons. The van der Waals surface area contributed by atoms with Crippen LogP contribution in [0.4, 0.5) is 0 Å². The van der Waals surface area contributed by atoms with Crippen LogP contribution in [0.2, 0.25) is 0 Å². The van der Waals surface area contributed by atoms with Crippen LogP contribution in [0.5, 0.6) is 0 Å². The number of carbonyl (C=O) groups is 2. The zero-order valence-electron chi connectivity index (χ0n) is 12.6. The van der Waals surface area contributed by atoms with Gasteiger partial charge in [-0.05, 0) is 0 Å². The minimum atomic E-state index is -3.64. The summed E-state index contributed by atoms with van der Waals surface area (Å²) in [5, 5.41) is 13.1. The van der Waals surface area contributed by atoms with Crippen molar-refractivity contribution >= 4 is 21.8 Å². The summed E-state index contributed by atoms with van der Waals surface area (Å²) in [6, 6.07) is 10.6. The topological polar surface area (TPSA) is 144 Å². The van der Waals surface area contributed by atoms with Crippen LogP contribution in [0.25, 0.3) is 11.3 Å². The Balaban J connectivity index is 1.83. The maximum Gasteiger partial charge on any atom is 0.273 e. The zero-order valence-corrected chi connectivity index (χ0v) is 13.4.